The van der Waals surface area contributed by atoms with Crippen LogP contribution in [0.3, 0.4) is 0 Å². The molecule has 0 saturated heterocycles. The lowest BCUT2D eigenvalue weighted by Crippen LogP contribution is -2.15. The Labute approximate surface area is 101 Å². The minimum absolute atomic E-state index is 0.230. The summed E-state index contributed by atoms with van der Waals surface area (Å²) in [7, 11) is 0. The number of hydrogen-bond donors (Lipinski definition) is 1. The first-order valence-corrected chi connectivity index (χ1v) is 6.00. The highest BCUT2D eigenvalue weighted by atomic mass is 32.2. The van der Waals surface area contributed by atoms with Crippen molar-refractivity contribution >= 4 is 22.6 Å². The first-order valence-electron chi connectivity index (χ1n) is 5.02. The van der Waals surface area contributed by atoms with E-state index in [0.717, 1.165) is 11.8 Å². The van der Waals surface area contributed by atoms with E-state index in [4.69, 9.17) is 0 Å². The van der Waals surface area contributed by atoms with Crippen LogP contribution in [0.2, 0.25) is 0 Å². The molecule has 1 heterocycles. The van der Waals surface area contributed by atoms with Crippen molar-refractivity contribution in [2.75, 3.05) is 11.1 Å². The third-order valence-corrected chi connectivity index (χ3v) is 3.52. The van der Waals surface area contributed by atoms with Gasteiger partial charge in [0.25, 0.3) is 0 Å². The summed E-state index contributed by atoms with van der Waals surface area (Å²) in [5.41, 5.74) is -0.471. The fourth-order valence-corrected chi connectivity index (χ4v) is 2.46. The van der Waals surface area contributed by atoms with Gasteiger partial charge >= 0.3 is 0 Å². The number of thioether (sulfide) groups is 1. The molecule has 0 saturated carbocycles. The van der Waals surface area contributed by atoms with Crippen LogP contribution >= 0.6 is 11.8 Å². The highest BCUT2D eigenvalue weighted by Crippen LogP contribution is 2.29. The fraction of sp³-hybridized carbons (Fsp3) is 0.364. The quantitative estimate of drug-likeness (QED) is 0.783. The molecule has 0 unspecified atom stereocenters. The average molecular weight is 260 g/mol. The van der Waals surface area contributed by atoms with Gasteiger partial charge in [-0.3, -0.25) is 4.99 Å². The number of nitrogens with one attached hydrogen (secondary N) is 1. The Hall–Kier alpha value is -1.17. The molecule has 1 aliphatic rings. The normalized spacial score (nSPS) is 18.1. The Kier molecular flexibility index (Phi) is 3.07. The van der Waals surface area contributed by atoms with Gasteiger partial charge < -0.3 is 5.32 Å². The predicted molar refractivity (Wildman–Crippen MR) is 63.9 cm³/mol. The second-order valence-corrected chi connectivity index (χ2v) is 5.36. The topological polar surface area (TPSA) is 24.4 Å². The van der Waals surface area contributed by atoms with Gasteiger partial charge in [0.05, 0.1) is 11.2 Å². The van der Waals surface area contributed by atoms with Gasteiger partial charge in [0, 0.05) is 17.9 Å². The summed E-state index contributed by atoms with van der Waals surface area (Å²) in [6.07, 6.45) is 0. The molecule has 92 valence electrons. The van der Waals surface area contributed by atoms with Crippen molar-refractivity contribution in [3.8, 4) is 0 Å². The van der Waals surface area contributed by atoms with E-state index in [-0.39, 0.29) is 11.2 Å². The molecule has 0 spiro atoms. The Balaban J connectivity index is 2.26. The molecule has 0 aromatic heterocycles. The molecule has 1 aliphatic heterocycles. The first-order chi connectivity index (χ1) is 7.87. The maximum Gasteiger partial charge on any atom is 0.182 e. The Bertz CT molecular complexity index is 486. The molecule has 6 heteroatoms. The molecule has 17 heavy (non-hydrogen) atoms. The second-order valence-electron chi connectivity index (χ2n) is 4.39. The summed E-state index contributed by atoms with van der Waals surface area (Å²) in [4.78, 5) is 4.27. The van der Waals surface area contributed by atoms with E-state index in [1.165, 1.54) is 11.8 Å². The molecule has 1 N–H and O–H groups in total. The monoisotopic (exact) mass is 260 g/mol. The van der Waals surface area contributed by atoms with E-state index in [2.05, 4.69) is 10.3 Å². The highest BCUT2D eigenvalue weighted by molar-refractivity contribution is 8.14. The third-order valence-electron chi connectivity index (χ3n) is 2.20. The second kappa shape index (κ2) is 4.25. The lowest BCUT2D eigenvalue weighted by Gasteiger charge is -2.09. The van der Waals surface area contributed by atoms with Crippen molar-refractivity contribution in [2.45, 2.75) is 19.4 Å². The fourth-order valence-electron chi connectivity index (χ4n) is 1.41. The van der Waals surface area contributed by atoms with Crippen molar-refractivity contribution < 1.29 is 13.2 Å². The number of amidine groups is 1. The van der Waals surface area contributed by atoms with Crippen LogP contribution in [0.5, 0.6) is 0 Å². The van der Waals surface area contributed by atoms with Crippen molar-refractivity contribution in [3.63, 3.8) is 0 Å². The van der Waals surface area contributed by atoms with Crippen molar-refractivity contribution in [1.29, 1.82) is 0 Å². The first kappa shape index (κ1) is 12.3. The number of rotatable bonds is 1. The van der Waals surface area contributed by atoms with E-state index < -0.39 is 17.5 Å². The number of hydrogen-bond acceptors (Lipinski definition) is 3. The molecule has 0 atom stereocenters. The largest absolute Gasteiger partial charge is 0.332 e. The van der Waals surface area contributed by atoms with Gasteiger partial charge in [-0.1, -0.05) is 11.8 Å². The summed E-state index contributed by atoms with van der Waals surface area (Å²) in [5, 5.41) is 3.08. The maximum absolute atomic E-state index is 13.4. The average Bonchev–Trinajstić information content (AvgIpc) is 2.54. The van der Waals surface area contributed by atoms with Gasteiger partial charge in [0.15, 0.2) is 16.8 Å². The van der Waals surface area contributed by atoms with E-state index in [0.29, 0.717) is 11.2 Å². The van der Waals surface area contributed by atoms with Crippen LogP contribution in [-0.2, 0) is 0 Å². The number of aliphatic imine (C=N–C) groups is 1. The highest BCUT2D eigenvalue weighted by Gasteiger charge is 2.26. The molecular weight excluding hydrogens is 249 g/mol. The Morgan fingerprint density at radius 1 is 1.29 bits per heavy atom. The molecule has 2 nitrogen and oxygen atoms in total. The molecule has 1 aromatic rings. The van der Waals surface area contributed by atoms with Crippen LogP contribution in [0, 0.1) is 17.5 Å². The van der Waals surface area contributed by atoms with Crippen LogP contribution in [0.1, 0.15) is 13.8 Å². The SMILES string of the molecule is CC1(C)CSC(Nc2cc(F)cc(F)c2F)=N1. The van der Waals surface area contributed by atoms with Crippen molar-refractivity contribution in [1.82, 2.24) is 0 Å². The Morgan fingerprint density at radius 3 is 2.59 bits per heavy atom. The standard InChI is InChI=1S/C11H11F3N2S/c1-11(2)5-17-10(16-11)15-8-4-6(12)3-7(13)9(8)14/h3-4H,5H2,1-2H3,(H,15,16). The molecule has 0 radical (unpaired) electrons. The molecule has 0 bridgehead atoms. The smallest absolute Gasteiger partial charge is 0.182 e. The van der Waals surface area contributed by atoms with E-state index in [9.17, 15) is 13.2 Å². The van der Waals surface area contributed by atoms with Crippen LogP contribution in [0.25, 0.3) is 0 Å². The zero-order chi connectivity index (χ0) is 12.6. The summed E-state index contributed by atoms with van der Waals surface area (Å²) in [6, 6.07) is 1.42. The summed E-state index contributed by atoms with van der Waals surface area (Å²) in [6.45, 7) is 3.86. The third kappa shape index (κ3) is 2.74. The number of halogens is 3. The minimum atomic E-state index is -1.21. The lowest BCUT2D eigenvalue weighted by atomic mass is 10.1. The summed E-state index contributed by atoms with van der Waals surface area (Å²) >= 11 is 1.39. The van der Waals surface area contributed by atoms with E-state index in [1.807, 2.05) is 13.8 Å². The molecule has 2 rings (SSSR count). The molecule has 0 amide bonds. The number of benzene rings is 1. The molecule has 0 fully saturated rings. The van der Waals surface area contributed by atoms with Gasteiger partial charge in [-0.25, -0.2) is 13.2 Å². The zero-order valence-electron chi connectivity index (χ0n) is 9.35. The summed E-state index contributed by atoms with van der Waals surface area (Å²) < 4.78 is 39.3. The molecular formula is C11H11F3N2S. The predicted octanol–water partition coefficient (Wildman–Crippen LogP) is 3.40. The van der Waals surface area contributed by atoms with Gasteiger partial charge in [-0.2, -0.15) is 0 Å². The zero-order valence-corrected chi connectivity index (χ0v) is 10.2. The van der Waals surface area contributed by atoms with Crippen molar-refractivity contribution in [2.24, 2.45) is 4.99 Å². The lowest BCUT2D eigenvalue weighted by molar-refractivity contribution is 0.498. The maximum atomic E-state index is 13.4. The molecule has 1 aromatic carbocycles. The van der Waals surface area contributed by atoms with Crippen LogP contribution in [-0.4, -0.2) is 16.5 Å². The molecule has 0 aliphatic carbocycles. The van der Waals surface area contributed by atoms with Crippen LogP contribution in [0.4, 0.5) is 18.9 Å². The van der Waals surface area contributed by atoms with Gasteiger partial charge in [0.1, 0.15) is 5.82 Å². The number of anilines is 1. The van der Waals surface area contributed by atoms with Gasteiger partial charge in [-0.15, -0.1) is 0 Å². The summed E-state index contributed by atoms with van der Waals surface area (Å²) in [5.74, 6) is -2.39. The Morgan fingerprint density at radius 2 is 2.00 bits per heavy atom. The van der Waals surface area contributed by atoms with Gasteiger partial charge in [-0.05, 0) is 13.8 Å². The van der Waals surface area contributed by atoms with Crippen LogP contribution < -0.4 is 5.32 Å². The van der Waals surface area contributed by atoms with Crippen molar-refractivity contribution in [3.05, 3.63) is 29.6 Å². The van der Waals surface area contributed by atoms with E-state index >= 15 is 0 Å². The van der Waals surface area contributed by atoms with E-state index in [1.54, 1.807) is 0 Å². The minimum Gasteiger partial charge on any atom is -0.332 e. The van der Waals surface area contributed by atoms with Gasteiger partial charge in [0.2, 0.25) is 0 Å². The number of nitrogens with zero attached hydrogens (tertiary/aromatic N) is 1. The van der Waals surface area contributed by atoms with Crippen LogP contribution in [0.15, 0.2) is 17.1 Å².